The molecule has 0 aliphatic carbocycles. The summed E-state index contributed by atoms with van der Waals surface area (Å²) >= 11 is 0. The van der Waals surface area contributed by atoms with Crippen LogP contribution in [0.1, 0.15) is 19.8 Å². The van der Waals surface area contributed by atoms with Crippen LogP contribution in [0.25, 0.3) is 0 Å². The number of nitrogens with zero attached hydrogens (tertiary/aromatic N) is 2. The van der Waals surface area contributed by atoms with Crippen LogP contribution in [0.5, 0.6) is 0 Å². The van der Waals surface area contributed by atoms with Crippen molar-refractivity contribution in [3.05, 3.63) is 6.42 Å². The smallest absolute Gasteiger partial charge is 0.290 e. The van der Waals surface area contributed by atoms with Crippen LogP contribution in [0, 0.1) is 35.0 Å². The molecule has 0 amide bonds. The molecule has 0 aromatic carbocycles. The molecule has 0 aliphatic heterocycles. The Hall–Kier alpha value is -0.553. The van der Waals surface area contributed by atoms with Gasteiger partial charge in [0.2, 0.25) is 0 Å². The van der Waals surface area contributed by atoms with Crippen molar-refractivity contribution in [1.29, 1.82) is 10.5 Å². The quantitative estimate of drug-likeness (QED) is 0.349. The topological polar surface area (TPSA) is 47.6 Å². The van der Waals surface area contributed by atoms with Crippen molar-refractivity contribution >= 4 is 0 Å². The van der Waals surface area contributed by atoms with E-state index in [-0.39, 0.29) is 24.8 Å². The Morgan fingerprint density at radius 2 is 2.10 bits per heavy atom. The Kier molecular flexibility index (Phi) is 10.3. The summed E-state index contributed by atoms with van der Waals surface area (Å²) in [6, 6.07) is 3.99. The van der Waals surface area contributed by atoms with E-state index in [2.05, 4.69) is 6.07 Å². The van der Waals surface area contributed by atoms with Gasteiger partial charge in [-0.15, -0.1) is 12.5 Å². The van der Waals surface area contributed by atoms with Crippen LogP contribution in [0.2, 0.25) is 0 Å². The molecule has 0 heterocycles. The maximum atomic E-state index is 8.37. The Morgan fingerprint density at radius 3 is 2.40 bits per heavy atom. The van der Waals surface area contributed by atoms with Gasteiger partial charge in [-0.1, -0.05) is 6.92 Å². The van der Waals surface area contributed by atoms with E-state index >= 15 is 0 Å². The largest absolute Gasteiger partial charge is 1.00 e. The molecular weight excluding hydrogens is 119 g/mol. The molecule has 10 heavy (non-hydrogen) atoms. The van der Waals surface area contributed by atoms with Gasteiger partial charge in [0.1, 0.15) is 0 Å². The van der Waals surface area contributed by atoms with Crippen LogP contribution in [-0.2, 0) is 0 Å². The number of hydrogen-bond acceptors (Lipinski definition) is 2. The summed E-state index contributed by atoms with van der Waals surface area (Å²) in [6.45, 7) is 1.94. The Morgan fingerprint density at radius 1 is 1.50 bits per heavy atom. The first kappa shape index (κ1) is 12.2. The molecular formula is C7H9LiN2. The van der Waals surface area contributed by atoms with Crippen molar-refractivity contribution < 1.29 is 18.9 Å². The fourth-order valence-corrected chi connectivity index (χ4v) is 0.506. The fourth-order valence-electron chi connectivity index (χ4n) is 0.506. The summed E-state index contributed by atoms with van der Waals surface area (Å²) in [5, 5.41) is 16.5. The normalized spacial score (nSPS) is 9.90. The van der Waals surface area contributed by atoms with Gasteiger partial charge in [-0.25, -0.2) is 5.26 Å². The zero-order chi connectivity index (χ0) is 7.11. The first-order valence-corrected chi connectivity index (χ1v) is 2.96. The zero-order valence-corrected chi connectivity index (χ0v) is 6.46. The van der Waals surface area contributed by atoms with Crippen LogP contribution in [0.15, 0.2) is 0 Å². The second-order valence-corrected chi connectivity index (χ2v) is 1.80. The summed E-state index contributed by atoms with van der Waals surface area (Å²) in [4.78, 5) is 0. The standard InChI is InChI=1S/C7H9N2.Li/c1-2-7(6-9)4-3-5-8;/h3,7H,2,4H2,1H3;/q-1;+1. The van der Waals surface area contributed by atoms with Crippen molar-refractivity contribution in [2.24, 2.45) is 5.92 Å². The molecule has 1 unspecified atom stereocenters. The Labute approximate surface area is 74.0 Å². The van der Waals surface area contributed by atoms with Gasteiger partial charge >= 0.3 is 18.9 Å². The molecule has 3 heteroatoms. The summed E-state index contributed by atoms with van der Waals surface area (Å²) in [6.07, 6.45) is 2.90. The van der Waals surface area contributed by atoms with E-state index < -0.39 is 0 Å². The Bertz CT molecular complexity index is 143. The van der Waals surface area contributed by atoms with E-state index in [0.29, 0.717) is 6.42 Å². The van der Waals surface area contributed by atoms with E-state index in [4.69, 9.17) is 10.5 Å². The van der Waals surface area contributed by atoms with Crippen LogP contribution in [-0.4, -0.2) is 0 Å². The SMILES string of the molecule is CCC(C#N)C[CH-]C#N.[Li+]. The minimum absolute atomic E-state index is 0. The molecule has 0 rings (SSSR count). The molecule has 0 aliphatic rings. The number of hydrogen-bond donors (Lipinski definition) is 0. The van der Waals surface area contributed by atoms with Gasteiger partial charge in [0.25, 0.3) is 0 Å². The molecule has 0 saturated carbocycles. The third-order valence-corrected chi connectivity index (χ3v) is 1.17. The molecule has 2 nitrogen and oxygen atoms in total. The molecule has 0 aromatic rings. The molecule has 0 fully saturated rings. The summed E-state index contributed by atoms with van der Waals surface area (Å²) in [5.41, 5.74) is 0. The van der Waals surface area contributed by atoms with Gasteiger partial charge in [-0.2, -0.15) is 5.26 Å². The van der Waals surface area contributed by atoms with E-state index in [9.17, 15) is 0 Å². The van der Waals surface area contributed by atoms with Crippen molar-refractivity contribution in [1.82, 2.24) is 0 Å². The van der Waals surface area contributed by atoms with E-state index in [1.807, 2.05) is 13.0 Å². The van der Waals surface area contributed by atoms with Crippen LogP contribution in [0.4, 0.5) is 0 Å². The third kappa shape index (κ3) is 5.58. The van der Waals surface area contributed by atoms with E-state index in [0.717, 1.165) is 6.42 Å². The van der Waals surface area contributed by atoms with Gasteiger partial charge in [0.15, 0.2) is 0 Å². The maximum Gasteiger partial charge on any atom is 1.00 e. The molecule has 1 atom stereocenters. The van der Waals surface area contributed by atoms with E-state index in [1.54, 1.807) is 0 Å². The summed E-state index contributed by atoms with van der Waals surface area (Å²) in [7, 11) is 0. The Balaban J connectivity index is 0. The minimum atomic E-state index is 0. The monoisotopic (exact) mass is 128 g/mol. The zero-order valence-electron chi connectivity index (χ0n) is 6.46. The summed E-state index contributed by atoms with van der Waals surface area (Å²) < 4.78 is 0. The maximum absolute atomic E-state index is 8.37. The minimum Gasteiger partial charge on any atom is -0.290 e. The van der Waals surface area contributed by atoms with E-state index in [1.165, 1.54) is 6.42 Å². The molecule has 0 spiro atoms. The molecule has 0 N–H and O–H groups in total. The van der Waals surface area contributed by atoms with Crippen LogP contribution < -0.4 is 18.9 Å². The molecule has 0 bridgehead atoms. The summed E-state index contributed by atoms with van der Waals surface area (Å²) in [5.74, 6) is 0.0321. The fraction of sp³-hybridized carbons (Fsp3) is 0.571. The second kappa shape index (κ2) is 8.45. The van der Waals surface area contributed by atoms with Crippen molar-refractivity contribution in [2.75, 3.05) is 0 Å². The third-order valence-electron chi connectivity index (χ3n) is 1.17. The van der Waals surface area contributed by atoms with Crippen LogP contribution in [0.3, 0.4) is 0 Å². The molecule has 0 saturated heterocycles. The van der Waals surface area contributed by atoms with Crippen LogP contribution >= 0.6 is 0 Å². The van der Waals surface area contributed by atoms with Crippen molar-refractivity contribution in [3.63, 3.8) is 0 Å². The average Bonchev–Trinajstić information content (AvgIpc) is 1.91. The van der Waals surface area contributed by atoms with Crippen molar-refractivity contribution in [2.45, 2.75) is 19.8 Å². The molecule has 0 aromatic heterocycles. The average molecular weight is 128 g/mol. The van der Waals surface area contributed by atoms with Gasteiger partial charge in [0.05, 0.1) is 6.07 Å². The predicted octanol–water partition coefficient (Wildman–Crippen LogP) is -1.34. The second-order valence-electron chi connectivity index (χ2n) is 1.80. The number of nitriles is 2. The van der Waals surface area contributed by atoms with Gasteiger partial charge in [0, 0.05) is 5.92 Å². The molecule has 48 valence electrons. The number of rotatable bonds is 3. The first-order valence-electron chi connectivity index (χ1n) is 2.96. The van der Waals surface area contributed by atoms with Gasteiger partial charge in [-0.05, 0) is 6.42 Å². The van der Waals surface area contributed by atoms with Gasteiger partial charge in [-0.3, -0.25) is 6.42 Å². The first-order chi connectivity index (χ1) is 4.35. The van der Waals surface area contributed by atoms with Gasteiger partial charge < -0.3 is 0 Å². The predicted molar refractivity (Wildman–Crippen MR) is 33.9 cm³/mol. The molecule has 0 radical (unpaired) electrons. The van der Waals surface area contributed by atoms with Crippen molar-refractivity contribution in [3.8, 4) is 12.1 Å².